The fourth-order valence-corrected chi connectivity index (χ4v) is 13.1. The van der Waals surface area contributed by atoms with Gasteiger partial charge in [-0.25, -0.2) is 9.13 Å². The van der Waals surface area contributed by atoms with Crippen molar-refractivity contribution in [3.05, 3.63) is 0 Å². The molecule has 95 heavy (non-hydrogen) atoms. The molecule has 0 heterocycles. The molecule has 0 amide bonds. The Kier molecular flexibility index (Phi) is 65.2. The van der Waals surface area contributed by atoms with E-state index in [0.717, 1.165) is 108 Å². The molecule has 0 aromatic heterocycles. The van der Waals surface area contributed by atoms with Gasteiger partial charge in [0, 0.05) is 25.7 Å². The van der Waals surface area contributed by atoms with Gasteiger partial charge < -0.3 is 33.8 Å². The second kappa shape index (κ2) is 66.6. The first-order valence-electron chi connectivity index (χ1n) is 39.4. The predicted octanol–water partition coefficient (Wildman–Crippen LogP) is 22.2. The van der Waals surface area contributed by atoms with Crippen molar-refractivity contribution in [1.82, 2.24) is 0 Å². The molecule has 0 aliphatic rings. The summed E-state index contributed by atoms with van der Waals surface area (Å²) in [5.41, 5.74) is 0. The van der Waals surface area contributed by atoms with E-state index in [0.29, 0.717) is 31.6 Å². The topological polar surface area (TPSA) is 237 Å². The van der Waals surface area contributed by atoms with Gasteiger partial charge >= 0.3 is 39.5 Å². The number of aliphatic hydroxyl groups is 1. The molecule has 0 aromatic carbocycles. The van der Waals surface area contributed by atoms with E-state index in [1.807, 2.05) is 0 Å². The molecule has 0 bridgehead atoms. The number of carbonyl (C=O) groups excluding carboxylic acids is 4. The molecular weight excluding hydrogens is 1250 g/mol. The van der Waals surface area contributed by atoms with Crippen LogP contribution in [0.4, 0.5) is 0 Å². The zero-order valence-electron chi connectivity index (χ0n) is 62.1. The first kappa shape index (κ1) is 93.1. The Morgan fingerprint density at radius 2 is 0.537 bits per heavy atom. The van der Waals surface area contributed by atoms with E-state index in [-0.39, 0.29) is 25.7 Å². The minimum atomic E-state index is -4.96. The van der Waals surface area contributed by atoms with Crippen molar-refractivity contribution in [2.75, 3.05) is 39.6 Å². The number of phosphoric ester groups is 2. The van der Waals surface area contributed by atoms with Gasteiger partial charge in [-0.15, -0.1) is 0 Å². The molecular formula is C76H148O17P2. The molecule has 3 unspecified atom stereocenters. The Morgan fingerprint density at radius 1 is 0.305 bits per heavy atom. The lowest BCUT2D eigenvalue weighted by molar-refractivity contribution is -0.161. The number of ether oxygens (including phenoxy) is 4. The Bertz CT molecular complexity index is 1850. The third-order valence-electron chi connectivity index (χ3n) is 18.0. The zero-order valence-corrected chi connectivity index (χ0v) is 63.9. The minimum absolute atomic E-state index is 0.105. The van der Waals surface area contributed by atoms with Crippen molar-refractivity contribution in [2.24, 2.45) is 17.8 Å². The largest absolute Gasteiger partial charge is 0.472 e. The van der Waals surface area contributed by atoms with Gasteiger partial charge in [-0.2, -0.15) is 0 Å². The average molecular weight is 1400 g/mol. The smallest absolute Gasteiger partial charge is 0.462 e. The van der Waals surface area contributed by atoms with E-state index in [2.05, 4.69) is 48.5 Å². The molecule has 0 aromatic rings. The van der Waals surface area contributed by atoms with Crippen LogP contribution in [0.5, 0.6) is 0 Å². The summed E-state index contributed by atoms with van der Waals surface area (Å²) in [6.45, 7) is 11.9. The number of hydrogen-bond donors (Lipinski definition) is 3. The van der Waals surface area contributed by atoms with Crippen LogP contribution in [0.3, 0.4) is 0 Å². The highest BCUT2D eigenvalue weighted by Crippen LogP contribution is 2.45. The van der Waals surface area contributed by atoms with Crippen LogP contribution in [0.2, 0.25) is 0 Å². The molecule has 3 N–H and O–H groups in total. The van der Waals surface area contributed by atoms with Crippen LogP contribution < -0.4 is 0 Å². The van der Waals surface area contributed by atoms with Crippen LogP contribution in [-0.2, 0) is 65.4 Å². The predicted molar refractivity (Wildman–Crippen MR) is 386 cm³/mol. The molecule has 0 spiro atoms. The summed E-state index contributed by atoms with van der Waals surface area (Å²) in [7, 11) is -9.91. The molecule has 0 radical (unpaired) electrons. The van der Waals surface area contributed by atoms with Crippen LogP contribution in [0.1, 0.15) is 389 Å². The summed E-state index contributed by atoms with van der Waals surface area (Å²) in [5.74, 6) is 0.150. The van der Waals surface area contributed by atoms with Gasteiger partial charge in [-0.05, 0) is 43.4 Å². The quantitative estimate of drug-likeness (QED) is 0.0222. The maximum absolute atomic E-state index is 13.1. The third kappa shape index (κ3) is 69.0. The molecule has 0 aliphatic carbocycles. The van der Waals surface area contributed by atoms with E-state index in [9.17, 15) is 43.2 Å². The Balaban J connectivity index is 5.24. The number of aliphatic hydroxyl groups excluding tert-OH is 1. The van der Waals surface area contributed by atoms with Crippen molar-refractivity contribution in [2.45, 2.75) is 407 Å². The van der Waals surface area contributed by atoms with Crippen LogP contribution in [-0.4, -0.2) is 96.7 Å². The maximum atomic E-state index is 13.1. The maximum Gasteiger partial charge on any atom is 0.472 e. The van der Waals surface area contributed by atoms with Gasteiger partial charge in [0.2, 0.25) is 0 Å². The molecule has 0 fully saturated rings. The summed E-state index contributed by atoms with van der Waals surface area (Å²) in [4.78, 5) is 72.8. The lowest BCUT2D eigenvalue weighted by Crippen LogP contribution is -2.30. The number of carbonyl (C=O) groups is 4. The van der Waals surface area contributed by atoms with Gasteiger partial charge in [-0.1, -0.05) is 337 Å². The summed E-state index contributed by atoms with van der Waals surface area (Å²) in [5, 5.41) is 10.6. The normalized spacial score (nSPS) is 14.4. The number of hydrogen-bond acceptors (Lipinski definition) is 15. The van der Waals surface area contributed by atoms with E-state index < -0.39 is 97.5 Å². The molecule has 19 heteroatoms. The van der Waals surface area contributed by atoms with E-state index in [1.54, 1.807) is 0 Å². The highest BCUT2D eigenvalue weighted by Gasteiger charge is 2.30. The van der Waals surface area contributed by atoms with Gasteiger partial charge in [0.1, 0.15) is 19.3 Å². The van der Waals surface area contributed by atoms with Crippen molar-refractivity contribution in [1.29, 1.82) is 0 Å². The van der Waals surface area contributed by atoms with Gasteiger partial charge in [0.15, 0.2) is 12.2 Å². The standard InChI is InChI=1S/C76H148O17P2/c1-8-10-11-12-13-14-15-16-17-18-21-24-30-35-43-50-57-73(78)86-63-71(92-75(80)59-52-45-36-31-25-22-19-20-23-28-33-40-47-54-67(3)4)65-90-94(82,83)88-61-70(77)62-89-95(84,85)91-66-72(64-87-74(79)58-51-44-39-38-41-48-55-68(5)6)93-76(81)60-53-46-37-32-27-26-29-34-42-49-56-69(7)9-2/h67-72,77H,8-66H2,1-7H3,(H,82,83)(H,84,85)/t69?,70-,71-,72-/m1/s1. The van der Waals surface area contributed by atoms with Crippen molar-refractivity contribution < 1.29 is 80.2 Å². The van der Waals surface area contributed by atoms with Crippen LogP contribution >= 0.6 is 15.6 Å². The van der Waals surface area contributed by atoms with Gasteiger partial charge in [0.25, 0.3) is 0 Å². The van der Waals surface area contributed by atoms with Crippen molar-refractivity contribution in [3.8, 4) is 0 Å². The third-order valence-corrected chi connectivity index (χ3v) is 19.9. The fourth-order valence-electron chi connectivity index (χ4n) is 11.6. The van der Waals surface area contributed by atoms with E-state index in [4.69, 9.17) is 37.0 Å². The van der Waals surface area contributed by atoms with Crippen molar-refractivity contribution >= 4 is 39.5 Å². The summed E-state index contributed by atoms with van der Waals surface area (Å²) >= 11 is 0. The zero-order chi connectivity index (χ0) is 70.1. The summed E-state index contributed by atoms with van der Waals surface area (Å²) < 4.78 is 68.5. The molecule has 0 saturated carbocycles. The van der Waals surface area contributed by atoms with Crippen LogP contribution in [0, 0.1) is 17.8 Å². The lowest BCUT2D eigenvalue weighted by Gasteiger charge is -2.21. The Labute approximate surface area is 581 Å². The minimum Gasteiger partial charge on any atom is -0.462 e. The Hall–Kier alpha value is -1.94. The number of phosphoric acid groups is 2. The summed E-state index contributed by atoms with van der Waals surface area (Å²) in [6, 6.07) is 0. The fraction of sp³-hybridized carbons (Fsp3) is 0.947. The average Bonchev–Trinajstić information content (AvgIpc) is 2.20. The van der Waals surface area contributed by atoms with Crippen molar-refractivity contribution in [3.63, 3.8) is 0 Å². The number of esters is 4. The lowest BCUT2D eigenvalue weighted by atomic mass is 9.99. The van der Waals surface area contributed by atoms with Gasteiger partial charge in [0.05, 0.1) is 26.4 Å². The van der Waals surface area contributed by atoms with E-state index in [1.165, 1.54) is 193 Å². The number of unbranched alkanes of at least 4 members (excludes halogenated alkanes) is 41. The highest BCUT2D eigenvalue weighted by atomic mass is 31.2. The molecule has 17 nitrogen and oxygen atoms in total. The van der Waals surface area contributed by atoms with Crippen LogP contribution in [0.25, 0.3) is 0 Å². The van der Waals surface area contributed by atoms with Gasteiger partial charge in [-0.3, -0.25) is 37.3 Å². The highest BCUT2D eigenvalue weighted by molar-refractivity contribution is 7.47. The molecule has 564 valence electrons. The first-order chi connectivity index (χ1) is 45.8. The SMILES string of the molecule is CCCCCCCCCCCCCCCCCCC(=O)OC[C@H](COP(=O)(O)OC[C@@H](O)COP(=O)(O)OC[C@@H](COC(=O)CCCCCCCCC(C)C)OC(=O)CCCCCCCCCCCCC(C)CC)OC(=O)CCCCCCCCCCCCCCCC(C)C. The van der Waals surface area contributed by atoms with E-state index >= 15 is 0 Å². The molecule has 0 aliphatic heterocycles. The second-order valence-electron chi connectivity index (χ2n) is 28.6. The molecule has 0 rings (SSSR count). The number of rotatable bonds is 74. The first-order valence-corrected chi connectivity index (χ1v) is 42.4. The van der Waals surface area contributed by atoms with Crippen LogP contribution in [0.15, 0.2) is 0 Å². The molecule has 6 atom stereocenters. The Morgan fingerprint density at radius 3 is 0.800 bits per heavy atom. The summed E-state index contributed by atoms with van der Waals surface area (Å²) in [6.07, 6.45) is 52.8. The molecule has 0 saturated heterocycles. The monoisotopic (exact) mass is 1400 g/mol. The second-order valence-corrected chi connectivity index (χ2v) is 31.5.